The van der Waals surface area contributed by atoms with Crippen LogP contribution in [0.15, 0.2) is 54.1 Å². The van der Waals surface area contributed by atoms with Crippen molar-refractivity contribution in [3.05, 3.63) is 64.7 Å². The number of halogens is 1. The van der Waals surface area contributed by atoms with Gasteiger partial charge in [0.25, 0.3) is 5.91 Å². The summed E-state index contributed by atoms with van der Waals surface area (Å²) in [5.74, 6) is 0.641. The number of likely N-dealkylation sites (N-methyl/N-ethyl adjacent to an activating group) is 1. The highest BCUT2D eigenvalue weighted by molar-refractivity contribution is 6.30. The number of carbonyl (C=O) groups excluding carboxylic acids is 1. The van der Waals surface area contributed by atoms with Crippen LogP contribution in [-0.4, -0.2) is 32.7 Å². The van der Waals surface area contributed by atoms with Crippen LogP contribution in [0.2, 0.25) is 5.02 Å². The second-order valence-corrected chi connectivity index (χ2v) is 6.09. The minimum Gasteiger partial charge on any atom is -0.488 e. The molecule has 0 aliphatic carbocycles. The van der Waals surface area contributed by atoms with E-state index in [1.165, 1.54) is 0 Å². The summed E-state index contributed by atoms with van der Waals surface area (Å²) in [5.41, 5.74) is 2.56. The Labute approximate surface area is 146 Å². The first-order valence-corrected chi connectivity index (χ1v) is 8.18. The van der Waals surface area contributed by atoms with Crippen molar-refractivity contribution in [3.8, 4) is 5.75 Å². The normalized spacial score (nSPS) is 12.7. The van der Waals surface area contributed by atoms with E-state index in [1.807, 2.05) is 49.5 Å². The summed E-state index contributed by atoms with van der Waals surface area (Å²) in [6, 6.07) is 15.5. The number of amides is 1. The molecule has 5 heteroatoms. The Morgan fingerprint density at radius 2 is 2.04 bits per heavy atom. The van der Waals surface area contributed by atoms with Crippen molar-refractivity contribution in [2.24, 2.45) is 0 Å². The Morgan fingerprint density at radius 3 is 2.83 bits per heavy atom. The van der Waals surface area contributed by atoms with Crippen LogP contribution in [-0.2, 0) is 4.79 Å². The summed E-state index contributed by atoms with van der Waals surface area (Å²) in [4.78, 5) is 14.4. The molecule has 1 heterocycles. The highest BCUT2D eigenvalue weighted by Crippen LogP contribution is 2.28. The van der Waals surface area contributed by atoms with Crippen molar-refractivity contribution >= 4 is 29.3 Å². The third kappa shape index (κ3) is 3.89. The monoisotopic (exact) mass is 342 g/mol. The lowest BCUT2D eigenvalue weighted by Crippen LogP contribution is -2.35. The molecule has 0 atom stereocenters. The first-order valence-electron chi connectivity index (χ1n) is 7.81. The SMILES string of the molecule is CN(CCNC(=O)C1=Cc2cc(Cl)ccc2OC1)c1ccccc1. The Balaban J connectivity index is 1.56. The lowest BCUT2D eigenvalue weighted by atomic mass is 10.1. The molecule has 0 saturated heterocycles. The average Bonchev–Trinajstić information content (AvgIpc) is 2.61. The van der Waals surface area contributed by atoms with E-state index in [0.717, 1.165) is 23.5 Å². The van der Waals surface area contributed by atoms with Gasteiger partial charge in [0.15, 0.2) is 0 Å². The lowest BCUT2D eigenvalue weighted by molar-refractivity contribution is -0.117. The van der Waals surface area contributed by atoms with Crippen LogP contribution in [0, 0.1) is 0 Å². The molecule has 4 nitrogen and oxygen atoms in total. The number of nitrogens with one attached hydrogen (secondary N) is 1. The topological polar surface area (TPSA) is 41.6 Å². The number of anilines is 1. The minimum absolute atomic E-state index is 0.109. The molecule has 1 aliphatic heterocycles. The summed E-state index contributed by atoms with van der Waals surface area (Å²) in [6.45, 7) is 1.56. The zero-order valence-electron chi connectivity index (χ0n) is 13.5. The molecule has 0 spiro atoms. The highest BCUT2D eigenvalue weighted by atomic mass is 35.5. The first-order chi connectivity index (χ1) is 11.6. The molecule has 24 heavy (non-hydrogen) atoms. The van der Waals surface area contributed by atoms with E-state index in [1.54, 1.807) is 12.1 Å². The molecule has 1 aliphatic rings. The number of hydrogen-bond acceptors (Lipinski definition) is 3. The van der Waals surface area contributed by atoms with Gasteiger partial charge in [-0.25, -0.2) is 0 Å². The van der Waals surface area contributed by atoms with E-state index in [-0.39, 0.29) is 12.5 Å². The molecule has 0 bridgehead atoms. The van der Waals surface area contributed by atoms with Gasteiger partial charge >= 0.3 is 0 Å². The van der Waals surface area contributed by atoms with Crippen molar-refractivity contribution in [3.63, 3.8) is 0 Å². The van der Waals surface area contributed by atoms with Crippen LogP contribution in [0.25, 0.3) is 6.08 Å². The van der Waals surface area contributed by atoms with E-state index >= 15 is 0 Å². The molecule has 0 saturated carbocycles. The Hall–Kier alpha value is -2.46. The van der Waals surface area contributed by atoms with Crippen molar-refractivity contribution in [1.82, 2.24) is 5.32 Å². The number of para-hydroxylation sites is 1. The smallest absolute Gasteiger partial charge is 0.250 e. The standard InChI is InChI=1S/C19H19ClN2O2/c1-22(17-5-3-2-4-6-17)10-9-21-19(23)15-11-14-12-16(20)7-8-18(14)24-13-15/h2-8,11-12H,9-10,13H2,1H3,(H,21,23). The van der Waals surface area contributed by atoms with Gasteiger partial charge in [-0.1, -0.05) is 29.8 Å². The van der Waals surface area contributed by atoms with Gasteiger partial charge < -0.3 is 15.0 Å². The number of fused-ring (bicyclic) bond motifs is 1. The van der Waals surface area contributed by atoms with Crippen molar-refractivity contribution in [2.75, 3.05) is 31.6 Å². The zero-order chi connectivity index (χ0) is 16.9. The maximum atomic E-state index is 12.3. The van der Waals surface area contributed by atoms with Crippen LogP contribution >= 0.6 is 11.6 Å². The van der Waals surface area contributed by atoms with Gasteiger partial charge in [-0.15, -0.1) is 0 Å². The number of ether oxygens (including phenoxy) is 1. The second kappa shape index (κ2) is 7.41. The fraction of sp³-hybridized carbons (Fsp3) is 0.211. The van der Waals surface area contributed by atoms with Gasteiger partial charge in [0, 0.05) is 36.4 Å². The molecular formula is C19H19ClN2O2. The lowest BCUT2D eigenvalue weighted by Gasteiger charge is -2.21. The van der Waals surface area contributed by atoms with Gasteiger partial charge in [0.05, 0.1) is 5.57 Å². The molecule has 124 valence electrons. The summed E-state index contributed by atoms with van der Waals surface area (Å²) >= 11 is 5.99. The maximum Gasteiger partial charge on any atom is 0.250 e. The number of hydrogen-bond donors (Lipinski definition) is 1. The highest BCUT2D eigenvalue weighted by Gasteiger charge is 2.17. The molecule has 3 rings (SSSR count). The fourth-order valence-corrected chi connectivity index (χ4v) is 2.72. The summed E-state index contributed by atoms with van der Waals surface area (Å²) in [5, 5.41) is 3.56. The van der Waals surface area contributed by atoms with Crippen molar-refractivity contribution < 1.29 is 9.53 Å². The molecule has 0 fully saturated rings. The van der Waals surface area contributed by atoms with E-state index in [9.17, 15) is 4.79 Å². The molecule has 1 amide bonds. The predicted octanol–water partition coefficient (Wildman–Crippen LogP) is 3.37. The predicted molar refractivity (Wildman–Crippen MR) is 97.6 cm³/mol. The molecule has 0 aromatic heterocycles. The minimum atomic E-state index is -0.109. The third-order valence-electron chi connectivity index (χ3n) is 3.91. The average molecular weight is 343 g/mol. The third-order valence-corrected chi connectivity index (χ3v) is 4.14. The van der Waals surface area contributed by atoms with E-state index in [2.05, 4.69) is 10.2 Å². The van der Waals surface area contributed by atoms with E-state index < -0.39 is 0 Å². The van der Waals surface area contributed by atoms with Crippen LogP contribution < -0.4 is 15.0 Å². The van der Waals surface area contributed by atoms with Crippen LogP contribution in [0.1, 0.15) is 5.56 Å². The number of carbonyl (C=O) groups is 1. The molecule has 2 aromatic rings. The van der Waals surface area contributed by atoms with Crippen LogP contribution in [0.4, 0.5) is 5.69 Å². The Kier molecular flexibility index (Phi) is 5.06. The molecule has 0 unspecified atom stereocenters. The second-order valence-electron chi connectivity index (χ2n) is 5.65. The van der Waals surface area contributed by atoms with Crippen molar-refractivity contribution in [2.45, 2.75) is 0 Å². The summed E-state index contributed by atoms with van der Waals surface area (Å²) in [7, 11) is 2.00. The van der Waals surface area contributed by atoms with Gasteiger partial charge in [0.2, 0.25) is 0 Å². The molecular weight excluding hydrogens is 324 g/mol. The quantitative estimate of drug-likeness (QED) is 0.905. The number of rotatable bonds is 5. The van der Waals surface area contributed by atoms with Crippen LogP contribution in [0.3, 0.4) is 0 Å². The Bertz CT molecular complexity index is 759. The zero-order valence-corrected chi connectivity index (χ0v) is 14.2. The summed E-state index contributed by atoms with van der Waals surface area (Å²) < 4.78 is 5.61. The van der Waals surface area contributed by atoms with Gasteiger partial charge in [-0.2, -0.15) is 0 Å². The van der Waals surface area contributed by atoms with Crippen molar-refractivity contribution in [1.29, 1.82) is 0 Å². The van der Waals surface area contributed by atoms with Crippen LogP contribution in [0.5, 0.6) is 5.75 Å². The maximum absolute atomic E-state index is 12.3. The largest absolute Gasteiger partial charge is 0.488 e. The number of benzene rings is 2. The Morgan fingerprint density at radius 1 is 1.25 bits per heavy atom. The van der Waals surface area contributed by atoms with Gasteiger partial charge in [-0.3, -0.25) is 4.79 Å². The van der Waals surface area contributed by atoms with E-state index in [4.69, 9.17) is 16.3 Å². The van der Waals surface area contributed by atoms with Gasteiger partial charge in [-0.05, 0) is 36.4 Å². The molecule has 2 aromatic carbocycles. The van der Waals surface area contributed by atoms with E-state index in [0.29, 0.717) is 17.1 Å². The summed E-state index contributed by atoms with van der Waals surface area (Å²) in [6.07, 6.45) is 1.83. The van der Waals surface area contributed by atoms with Gasteiger partial charge in [0.1, 0.15) is 12.4 Å². The first kappa shape index (κ1) is 16.4. The fourth-order valence-electron chi connectivity index (χ4n) is 2.54. The number of nitrogens with zero attached hydrogens (tertiary/aromatic N) is 1. The molecule has 1 N–H and O–H groups in total. The molecule has 0 radical (unpaired) electrons.